The summed E-state index contributed by atoms with van der Waals surface area (Å²) < 4.78 is 0. The predicted molar refractivity (Wildman–Crippen MR) is 93.5 cm³/mol. The van der Waals surface area contributed by atoms with Crippen LogP contribution >= 0.6 is 23.2 Å². The Balaban J connectivity index is 2.08. The van der Waals surface area contributed by atoms with Gasteiger partial charge in [-0.25, -0.2) is 4.79 Å². The molecule has 1 aliphatic heterocycles. The Kier molecular flexibility index (Phi) is 5.62. The standard InChI is InChI=1S/C17H24Cl2N2O2/c1-16(2,3)15(22)23-21-8-6-17(11-20,7-9-21)12-4-5-13(18)14(19)10-12/h4-5,10H,6-9,11,20H2,1-3H3. The van der Waals surface area contributed by atoms with Crippen LogP contribution in [0.5, 0.6) is 0 Å². The summed E-state index contributed by atoms with van der Waals surface area (Å²) in [6, 6.07) is 5.69. The van der Waals surface area contributed by atoms with Gasteiger partial charge in [-0.2, -0.15) is 0 Å². The highest BCUT2D eigenvalue weighted by molar-refractivity contribution is 6.42. The van der Waals surface area contributed by atoms with Crippen LogP contribution < -0.4 is 5.73 Å². The van der Waals surface area contributed by atoms with Gasteiger partial charge in [0.2, 0.25) is 0 Å². The average Bonchev–Trinajstić information content (AvgIpc) is 2.50. The first-order valence-electron chi connectivity index (χ1n) is 7.81. The molecule has 1 saturated heterocycles. The van der Waals surface area contributed by atoms with Crippen molar-refractivity contribution in [3.05, 3.63) is 33.8 Å². The quantitative estimate of drug-likeness (QED) is 0.892. The summed E-state index contributed by atoms with van der Waals surface area (Å²) in [5.41, 5.74) is 6.50. The summed E-state index contributed by atoms with van der Waals surface area (Å²) in [4.78, 5) is 17.5. The first-order valence-corrected chi connectivity index (χ1v) is 8.56. The molecule has 1 aromatic rings. The Hall–Kier alpha value is -0.810. The van der Waals surface area contributed by atoms with Gasteiger partial charge < -0.3 is 10.6 Å². The Labute approximate surface area is 147 Å². The summed E-state index contributed by atoms with van der Waals surface area (Å²) in [5, 5.41) is 2.82. The van der Waals surface area contributed by atoms with E-state index in [1.54, 1.807) is 5.06 Å². The maximum absolute atomic E-state index is 12.0. The van der Waals surface area contributed by atoms with E-state index >= 15 is 0 Å². The zero-order chi connectivity index (χ0) is 17.3. The SMILES string of the molecule is CC(C)(C)C(=O)ON1CCC(CN)(c2ccc(Cl)c(Cl)c2)CC1. The van der Waals surface area contributed by atoms with E-state index in [-0.39, 0.29) is 11.4 Å². The van der Waals surface area contributed by atoms with Crippen LogP contribution in [0.4, 0.5) is 0 Å². The summed E-state index contributed by atoms with van der Waals surface area (Å²) in [6.45, 7) is 7.36. The molecular weight excluding hydrogens is 335 g/mol. The van der Waals surface area contributed by atoms with Gasteiger partial charge in [0, 0.05) is 25.0 Å². The molecule has 0 spiro atoms. The van der Waals surface area contributed by atoms with Gasteiger partial charge in [0.05, 0.1) is 15.5 Å². The van der Waals surface area contributed by atoms with Crippen molar-refractivity contribution in [2.75, 3.05) is 19.6 Å². The third-order valence-electron chi connectivity index (χ3n) is 4.43. The molecule has 0 aromatic heterocycles. The van der Waals surface area contributed by atoms with Crippen molar-refractivity contribution in [1.29, 1.82) is 0 Å². The second-order valence-corrected chi connectivity index (χ2v) is 7.99. The van der Waals surface area contributed by atoms with Crippen molar-refractivity contribution in [2.24, 2.45) is 11.1 Å². The topological polar surface area (TPSA) is 55.6 Å². The zero-order valence-corrected chi connectivity index (χ0v) is 15.4. The van der Waals surface area contributed by atoms with Crippen LogP contribution in [-0.2, 0) is 15.0 Å². The molecule has 1 aromatic carbocycles. The predicted octanol–water partition coefficient (Wildman–Crippen LogP) is 3.79. The van der Waals surface area contributed by atoms with E-state index in [9.17, 15) is 4.79 Å². The van der Waals surface area contributed by atoms with E-state index in [4.69, 9.17) is 33.8 Å². The fraction of sp³-hybridized carbons (Fsp3) is 0.588. The van der Waals surface area contributed by atoms with Gasteiger partial charge in [-0.05, 0) is 51.3 Å². The number of carbonyl (C=O) groups excluding carboxylic acids is 1. The summed E-state index contributed by atoms with van der Waals surface area (Å²) >= 11 is 12.1. The van der Waals surface area contributed by atoms with Gasteiger partial charge in [0.15, 0.2) is 0 Å². The third-order valence-corrected chi connectivity index (χ3v) is 5.17. The van der Waals surface area contributed by atoms with Crippen molar-refractivity contribution in [2.45, 2.75) is 39.0 Å². The number of hydrogen-bond acceptors (Lipinski definition) is 4. The van der Waals surface area contributed by atoms with E-state index in [0.29, 0.717) is 29.7 Å². The summed E-state index contributed by atoms with van der Waals surface area (Å²) in [6.07, 6.45) is 1.61. The normalized spacial score (nSPS) is 18.7. The van der Waals surface area contributed by atoms with Gasteiger partial charge >= 0.3 is 5.97 Å². The molecule has 4 nitrogen and oxygen atoms in total. The Morgan fingerprint density at radius 3 is 2.35 bits per heavy atom. The molecule has 0 unspecified atom stereocenters. The van der Waals surface area contributed by atoms with Gasteiger partial charge in [-0.3, -0.25) is 0 Å². The second kappa shape index (κ2) is 6.98. The molecule has 0 bridgehead atoms. The van der Waals surface area contributed by atoms with Crippen molar-refractivity contribution >= 4 is 29.2 Å². The highest BCUT2D eigenvalue weighted by atomic mass is 35.5. The van der Waals surface area contributed by atoms with Gasteiger partial charge in [-0.1, -0.05) is 29.3 Å². The molecule has 128 valence electrons. The van der Waals surface area contributed by atoms with E-state index in [1.807, 2.05) is 39.0 Å². The van der Waals surface area contributed by atoms with Crippen LogP contribution in [0.15, 0.2) is 18.2 Å². The van der Waals surface area contributed by atoms with Crippen LogP contribution in [-0.4, -0.2) is 30.7 Å². The highest BCUT2D eigenvalue weighted by Crippen LogP contribution is 2.37. The first kappa shape index (κ1) is 18.5. The molecule has 2 rings (SSSR count). The number of hydrogen-bond donors (Lipinski definition) is 1. The number of nitrogens with zero attached hydrogens (tertiary/aromatic N) is 1. The van der Waals surface area contributed by atoms with E-state index in [2.05, 4.69) is 0 Å². The molecule has 0 saturated carbocycles. The Bertz CT molecular complexity index is 576. The van der Waals surface area contributed by atoms with Gasteiger partial charge in [0.25, 0.3) is 0 Å². The molecule has 0 radical (unpaired) electrons. The van der Waals surface area contributed by atoms with E-state index in [0.717, 1.165) is 18.4 Å². The second-order valence-electron chi connectivity index (χ2n) is 7.17. The number of benzene rings is 1. The minimum absolute atomic E-state index is 0.154. The van der Waals surface area contributed by atoms with Crippen LogP contribution in [0.3, 0.4) is 0 Å². The maximum Gasteiger partial charge on any atom is 0.330 e. The summed E-state index contributed by atoms with van der Waals surface area (Å²) in [7, 11) is 0. The first-order chi connectivity index (χ1) is 10.7. The molecule has 1 heterocycles. The van der Waals surface area contributed by atoms with Crippen LogP contribution in [0, 0.1) is 5.41 Å². The van der Waals surface area contributed by atoms with Gasteiger partial charge in [-0.15, -0.1) is 5.06 Å². The molecule has 0 amide bonds. The van der Waals surface area contributed by atoms with Crippen LogP contribution in [0.25, 0.3) is 0 Å². The smallest absolute Gasteiger partial charge is 0.330 e. The van der Waals surface area contributed by atoms with Crippen LogP contribution in [0.2, 0.25) is 10.0 Å². The minimum atomic E-state index is -0.508. The average molecular weight is 359 g/mol. The Morgan fingerprint density at radius 2 is 1.87 bits per heavy atom. The van der Waals surface area contributed by atoms with Crippen molar-refractivity contribution in [1.82, 2.24) is 5.06 Å². The molecule has 23 heavy (non-hydrogen) atoms. The monoisotopic (exact) mass is 358 g/mol. The number of halogens is 2. The molecule has 0 aliphatic carbocycles. The molecule has 1 aliphatic rings. The van der Waals surface area contributed by atoms with Crippen molar-refractivity contribution < 1.29 is 9.63 Å². The lowest BCUT2D eigenvalue weighted by Crippen LogP contribution is -2.48. The molecular formula is C17H24Cl2N2O2. The Morgan fingerprint density at radius 1 is 1.26 bits per heavy atom. The molecule has 6 heteroatoms. The van der Waals surface area contributed by atoms with Crippen LogP contribution in [0.1, 0.15) is 39.2 Å². The molecule has 0 atom stereocenters. The number of piperidine rings is 1. The number of hydroxylamine groups is 2. The van der Waals surface area contributed by atoms with Crippen molar-refractivity contribution in [3.63, 3.8) is 0 Å². The largest absolute Gasteiger partial charge is 0.367 e. The third kappa shape index (κ3) is 4.18. The minimum Gasteiger partial charge on any atom is -0.367 e. The van der Waals surface area contributed by atoms with Gasteiger partial charge in [0.1, 0.15) is 0 Å². The van der Waals surface area contributed by atoms with E-state index < -0.39 is 5.41 Å². The lowest BCUT2D eigenvalue weighted by Gasteiger charge is -2.41. The fourth-order valence-electron chi connectivity index (χ4n) is 2.70. The lowest BCUT2D eigenvalue weighted by molar-refractivity contribution is -0.206. The summed E-state index contributed by atoms with van der Waals surface area (Å²) in [5.74, 6) is -0.215. The maximum atomic E-state index is 12.0. The zero-order valence-electron chi connectivity index (χ0n) is 13.9. The lowest BCUT2D eigenvalue weighted by atomic mass is 9.73. The number of carbonyl (C=O) groups is 1. The molecule has 1 fully saturated rings. The number of rotatable bonds is 3. The fourth-order valence-corrected chi connectivity index (χ4v) is 2.99. The molecule has 2 N–H and O–H groups in total. The van der Waals surface area contributed by atoms with E-state index in [1.165, 1.54) is 0 Å². The van der Waals surface area contributed by atoms with Crippen molar-refractivity contribution in [3.8, 4) is 0 Å². The highest BCUT2D eigenvalue weighted by Gasteiger charge is 2.37. The number of nitrogens with two attached hydrogens (primary N) is 1.